The Balaban J connectivity index is 1.45. The van der Waals surface area contributed by atoms with Crippen LogP contribution in [0.15, 0.2) is 97.3 Å². The first-order valence-electron chi connectivity index (χ1n) is 10.6. The Morgan fingerprint density at radius 1 is 0.909 bits per heavy atom. The molecule has 0 spiro atoms. The number of halogens is 1. The van der Waals surface area contributed by atoms with Gasteiger partial charge in [-0.2, -0.15) is 0 Å². The first kappa shape index (κ1) is 21.2. The van der Waals surface area contributed by atoms with E-state index in [4.69, 9.17) is 11.6 Å². The highest BCUT2D eigenvalue weighted by Gasteiger charge is 2.51. The number of fused-ring (bicyclic) bond motifs is 1. The summed E-state index contributed by atoms with van der Waals surface area (Å²) >= 11 is 6.20. The minimum atomic E-state index is -1.98. The monoisotopic (exact) mass is 456 g/mol. The molecule has 0 saturated carbocycles. The van der Waals surface area contributed by atoms with E-state index in [0.29, 0.717) is 21.8 Å². The molecule has 1 N–H and O–H groups in total. The molecule has 6 heteroatoms. The summed E-state index contributed by atoms with van der Waals surface area (Å²) in [5.74, 6) is -0.849. The van der Waals surface area contributed by atoms with Crippen LogP contribution in [0.2, 0.25) is 5.02 Å². The number of carbonyl (C=O) groups is 2. The number of nitrogens with zero attached hydrogens (tertiary/aromatic N) is 2. The molecule has 1 atom stereocenters. The molecule has 1 aliphatic heterocycles. The maximum atomic E-state index is 13.5. The molecule has 4 aromatic rings. The number of aromatic nitrogens is 1. The average molecular weight is 457 g/mol. The molecule has 33 heavy (non-hydrogen) atoms. The minimum Gasteiger partial charge on any atom is -0.375 e. The summed E-state index contributed by atoms with van der Waals surface area (Å²) in [6, 6.07) is 25.4. The summed E-state index contributed by atoms with van der Waals surface area (Å²) in [4.78, 5) is 28.1. The second-order valence-electron chi connectivity index (χ2n) is 8.14. The van der Waals surface area contributed by atoms with Crippen molar-refractivity contribution in [1.82, 2.24) is 4.57 Å². The van der Waals surface area contributed by atoms with E-state index in [9.17, 15) is 14.7 Å². The van der Waals surface area contributed by atoms with E-state index in [1.165, 1.54) is 4.90 Å². The zero-order chi connectivity index (χ0) is 23.0. The molecule has 164 valence electrons. The zero-order valence-electron chi connectivity index (χ0n) is 17.7. The molecule has 0 fully saturated rings. The molecule has 1 unspecified atom stereocenters. The SMILES string of the molecule is O=C(CC1(O)C(=O)N(Cc2ccccc2)c2ccc(Cl)cc21)c1ccc(-n2cccc2)cc1. The summed E-state index contributed by atoms with van der Waals surface area (Å²) in [6.45, 7) is 0.288. The van der Waals surface area contributed by atoms with Crippen LogP contribution < -0.4 is 4.90 Å². The zero-order valence-corrected chi connectivity index (χ0v) is 18.4. The van der Waals surface area contributed by atoms with E-state index in [1.54, 1.807) is 30.3 Å². The number of hydrogen-bond acceptors (Lipinski definition) is 3. The van der Waals surface area contributed by atoms with Gasteiger partial charge in [-0.05, 0) is 60.2 Å². The van der Waals surface area contributed by atoms with Gasteiger partial charge in [0.1, 0.15) is 0 Å². The molecular formula is C27H21ClN2O3. The van der Waals surface area contributed by atoms with Crippen molar-refractivity contribution in [2.75, 3.05) is 4.90 Å². The van der Waals surface area contributed by atoms with Crippen LogP contribution in [0.4, 0.5) is 5.69 Å². The summed E-state index contributed by atoms with van der Waals surface area (Å²) in [6.07, 6.45) is 3.46. The third-order valence-electron chi connectivity index (χ3n) is 5.99. The highest BCUT2D eigenvalue weighted by molar-refractivity contribution is 6.31. The fourth-order valence-corrected chi connectivity index (χ4v) is 4.45. The third-order valence-corrected chi connectivity index (χ3v) is 6.22. The second kappa shape index (κ2) is 8.35. The summed E-state index contributed by atoms with van der Waals surface area (Å²) in [7, 11) is 0. The topological polar surface area (TPSA) is 62.5 Å². The number of Topliss-reactive ketones (excluding diaryl/α,β-unsaturated/α-hetero) is 1. The van der Waals surface area contributed by atoms with Crippen LogP contribution in [0.5, 0.6) is 0 Å². The van der Waals surface area contributed by atoms with Crippen molar-refractivity contribution < 1.29 is 14.7 Å². The molecule has 5 rings (SSSR count). The molecule has 5 nitrogen and oxygen atoms in total. The molecule has 2 heterocycles. The predicted octanol–water partition coefficient (Wildman–Crippen LogP) is 5.14. The van der Waals surface area contributed by atoms with E-state index < -0.39 is 11.5 Å². The van der Waals surface area contributed by atoms with Gasteiger partial charge in [-0.15, -0.1) is 0 Å². The fourth-order valence-electron chi connectivity index (χ4n) is 4.28. The lowest BCUT2D eigenvalue weighted by molar-refractivity contribution is -0.136. The van der Waals surface area contributed by atoms with Crippen LogP contribution in [0.3, 0.4) is 0 Å². The van der Waals surface area contributed by atoms with Crippen LogP contribution in [0.25, 0.3) is 5.69 Å². The van der Waals surface area contributed by atoms with Gasteiger partial charge in [-0.1, -0.05) is 41.9 Å². The first-order chi connectivity index (χ1) is 16.0. The van der Waals surface area contributed by atoms with Crippen molar-refractivity contribution in [1.29, 1.82) is 0 Å². The largest absolute Gasteiger partial charge is 0.375 e. The van der Waals surface area contributed by atoms with Crippen molar-refractivity contribution in [2.24, 2.45) is 0 Å². The predicted molar refractivity (Wildman–Crippen MR) is 128 cm³/mol. The summed E-state index contributed by atoms with van der Waals surface area (Å²) in [5.41, 5.74) is 1.20. The van der Waals surface area contributed by atoms with Gasteiger partial charge >= 0.3 is 0 Å². The van der Waals surface area contributed by atoms with Crippen molar-refractivity contribution in [2.45, 2.75) is 18.6 Å². The van der Waals surface area contributed by atoms with Crippen LogP contribution in [-0.4, -0.2) is 21.4 Å². The van der Waals surface area contributed by atoms with Crippen LogP contribution in [0.1, 0.15) is 27.9 Å². The number of ketones is 1. The molecule has 0 saturated heterocycles. The molecule has 0 aliphatic carbocycles. The standard InChI is InChI=1S/C27H21ClN2O3/c28-21-10-13-24-23(16-21)27(33,26(32)30(24)18-19-6-2-1-3-7-19)17-25(31)20-8-11-22(12-9-20)29-14-4-5-15-29/h1-16,33H,17-18H2. The van der Waals surface area contributed by atoms with Crippen molar-refractivity contribution in [3.8, 4) is 5.69 Å². The Morgan fingerprint density at radius 3 is 2.30 bits per heavy atom. The van der Waals surface area contributed by atoms with E-state index in [2.05, 4.69) is 0 Å². The van der Waals surface area contributed by atoms with Crippen molar-refractivity contribution >= 4 is 29.0 Å². The molecule has 1 amide bonds. The normalized spacial score (nSPS) is 17.3. The Morgan fingerprint density at radius 2 is 1.61 bits per heavy atom. The molecule has 0 bridgehead atoms. The Hall–Kier alpha value is -3.67. The van der Waals surface area contributed by atoms with Crippen molar-refractivity contribution in [3.05, 3.63) is 119 Å². The molecule has 1 aromatic heterocycles. The van der Waals surface area contributed by atoms with Crippen molar-refractivity contribution in [3.63, 3.8) is 0 Å². The highest BCUT2D eigenvalue weighted by atomic mass is 35.5. The number of benzene rings is 3. The quantitative estimate of drug-likeness (QED) is 0.409. The third kappa shape index (κ3) is 3.86. The number of carbonyl (C=O) groups excluding carboxylic acids is 2. The number of anilines is 1. The highest BCUT2D eigenvalue weighted by Crippen LogP contribution is 2.44. The van der Waals surface area contributed by atoms with E-state index in [-0.39, 0.29) is 18.7 Å². The lowest BCUT2D eigenvalue weighted by Crippen LogP contribution is -2.41. The molecular weight excluding hydrogens is 436 g/mol. The van der Waals surface area contributed by atoms with Gasteiger partial charge in [0, 0.05) is 34.2 Å². The lowest BCUT2D eigenvalue weighted by Gasteiger charge is -2.23. The van der Waals surface area contributed by atoms with Crippen LogP contribution >= 0.6 is 11.6 Å². The number of amides is 1. The van der Waals surface area contributed by atoms with Gasteiger partial charge < -0.3 is 14.6 Å². The second-order valence-corrected chi connectivity index (χ2v) is 8.57. The van der Waals surface area contributed by atoms with Gasteiger partial charge in [-0.25, -0.2) is 0 Å². The fraction of sp³-hybridized carbons (Fsp3) is 0.111. The molecule has 1 aliphatic rings. The van der Waals surface area contributed by atoms with E-state index in [0.717, 1.165) is 11.3 Å². The van der Waals surface area contributed by atoms with E-state index >= 15 is 0 Å². The lowest BCUT2D eigenvalue weighted by atomic mass is 9.88. The Bertz CT molecular complexity index is 1320. The Labute approximate surface area is 196 Å². The van der Waals surface area contributed by atoms with Crippen LogP contribution in [-0.2, 0) is 16.9 Å². The average Bonchev–Trinajstić information content (AvgIpc) is 3.43. The maximum absolute atomic E-state index is 13.5. The smallest absolute Gasteiger partial charge is 0.264 e. The van der Waals surface area contributed by atoms with Gasteiger partial charge in [0.2, 0.25) is 0 Å². The van der Waals surface area contributed by atoms with Gasteiger partial charge in [0.25, 0.3) is 5.91 Å². The summed E-state index contributed by atoms with van der Waals surface area (Å²) < 4.78 is 1.93. The van der Waals surface area contributed by atoms with Gasteiger partial charge in [-0.3, -0.25) is 9.59 Å². The Kier molecular flexibility index (Phi) is 5.36. The number of hydrogen-bond donors (Lipinski definition) is 1. The van der Waals surface area contributed by atoms with Crippen LogP contribution in [0, 0.1) is 0 Å². The molecule has 3 aromatic carbocycles. The summed E-state index contributed by atoms with van der Waals surface area (Å²) in [5, 5.41) is 11.9. The minimum absolute atomic E-state index is 0.288. The number of rotatable bonds is 6. The first-order valence-corrected chi connectivity index (χ1v) is 11.0. The van der Waals surface area contributed by atoms with Gasteiger partial charge in [0.05, 0.1) is 18.7 Å². The number of aliphatic hydroxyl groups is 1. The maximum Gasteiger partial charge on any atom is 0.264 e. The van der Waals surface area contributed by atoms with E-state index in [1.807, 2.05) is 71.6 Å². The molecule has 0 radical (unpaired) electrons. The van der Waals surface area contributed by atoms with Gasteiger partial charge in [0.15, 0.2) is 11.4 Å².